The molecule has 4 heteroatoms. The lowest BCUT2D eigenvalue weighted by Crippen LogP contribution is -2.10. The van der Waals surface area contributed by atoms with E-state index in [9.17, 15) is 0 Å². The molecule has 0 aromatic heterocycles. The van der Waals surface area contributed by atoms with Crippen LogP contribution in [-0.4, -0.2) is 13.2 Å². The van der Waals surface area contributed by atoms with E-state index in [2.05, 4.69) is 15.9 Å². The molecule has 0 amide bonds. The summed E-state index contributed by atoms with van der Waals surface area (Å²) in [4.78, 5) is 0. The number of nitrogens with two attached hydrogens (primary N) is 1. The summed E-state index contributed by atoms with van der Waals surface area (Å²) in [5, 5.41) is 0. The smallest absolute Gasteiger partial charge is 0.123 e. The van der Waals surface area contributed by atoms with Crippen LogP contribution < -0.4 is 15.2 Å². The average molecular weight is 322 g/mol. The minimum atomic E-state index is 0.475. The number of rotatable bonds is 6. The van der Waals surface area contributed by atoms with Gasteiger partial charge in [0.15, 0.2) is 0 Å². The molecule has 0 saturated heterocycles. The summed E-state index contributed by atoms with van der Waals surface area (Å²) in [6, 6.07) is 15.5. The number of para-hydroxylation sites is 1. The van der Waals surface area contributed by atoms with Gasteiger partial charge in [-0.3, -0.25) is 0 Å². The molecule has 2 N–H and O–H groups in total. The summed E-state index contributed by atoms with van der Waals surface area (Å²) in [7, 11) is 0. The van der Waals surface area contributed by atoms with Crippen LogP contribution in [0.1, 0.15) is 5.56 Å². The number of hydrogen-bond donors (Lipinski definition) is 1. The molecule has 0 aliphatic carbocycles. The standard InChI is InChI=1S/C15H16BrNO2/c16-13-5-3-6-14(10-13)18-8-9-19-15-7-2-1-4-12(15)11-17/h1-7,10H,8-9,11,17H2. The van der Waals surface area contributed by atoms with E-state index in [1.165, 1.54) is 0 Å². The van der Waals surface area contributed by atoms with Gasteiger partial charge in [-0.05, 0) is 24.3 Å². The first-order valence-electron chi connectivity index (χ1n) is 6.09. The summed E-state index contributed by atoms with van der Waals surface area (Å²) in [5.74, 6) is 1.65. The van der Waals surface area contributed by atoms with Gasteiger partial charge in [-0.25, -0.2) is 0 Å². The molecule has 0 radical (unpaired) electrons. The van der Waals surface area contributed by atoms with Crippen LogP contribution in [0.15, 0.2) is 53.0 Å². The van der Waals surface area contributed by atoms with Gasteiger partial charge in [-0.1, -0.05) is 40.2 Å². The van der Waals surface area contributed by atoms with Gasteiger partial charge in [0, 0.05) is 16.6 Å². The van der Waals surface area contributed by atoms with Crippen LogP contribution in [0.4, 0.5) is 0 Å². The Kier molecular flexibility index (Phi) is 5.24. The van der Waals surface area contributed by atoms with Crippen LogP contribution in [0.25, 0.3) is 0 Å². The fraction of sp³-hybridized carbons (Fsp3) is 0.200. The zero-order valence-corrected chi connectivity index (χ0v) is 12.1. The zero-order valence-electron chi connectivity index (χ0n) is 10.5. The summed E-state index contributed by atoms with van der Waals surface area (Å²) in [6.07, 6.45) is 0. The monoisotopic (exact) mass is 321 g/mol. The molecule has 0 atom stereocenters. The fourth-order valence-corrected chi connectivity index (χ4v) is 2.06. The molecule has 0 fully saturated rings. The Balaban J connectivity index is 1.81. The van der Waals surface area contributed by atoms with Crippen molar-refractivity contribution in [3.05, 3.63) is 58.6 Å². The third-order valence-corrected chi connectivity index (χ3v) is 3.09. The maximum Gasteiger partial charge on any atom is 0.123 e. The van der Waals surface area contributed by atoms with Crippen molar-refractivity contribution in [1.82, 2.24) is 0 Å². The van der Waals surface area contributed by atoms with E-state index in [0.29, 0.717) is 19.8 Å². The van der Waals surface area contributed by atoms with Gasteiger partial charge in [0.25, 0.3) is 0 Å². The van der Waals surface area contributed by atoms with Crippen LogP contribution >= 0.6 is 15.9 Å². The van der Waals surface area contributed by atoms with Crippen molar-refractivity contribution in [3.8, 4) is 11.5 Å². The normalized spacial score (nSPS) is 10.2. The van der Waals surface area contributed by atoms with Crippen LogP contribution in [0.3, 0.4) is 0 Å². The number of hydrogen-bond acceptors (Lipinski definition) is 3. The lowest BCUT2D eigenvalue weighted by atomic mass is 10.2. The Morgan fingerprint density at radius 2 is 1.74 bits per heavy atom. The Bertz CT molecular complexity index is 531. The van der Waals surface area contributed by atoms with Crippen molar-refractivity contribution in [2.24, 2.45) is 5.73 Å². The molecule has 0 spiro atoms. The lowest BCUT2D eigenvalue weighted by molar-refractivity contribution is 0.216. The number of benzene rings is 2. The predicted octanol–water partition coefficient (Wildman–Crippen LogP) is 3.37. The first-order valence-corrected chi connectivity index (χ1v) is 6.88. The highest BCUT2D eigenvalue weighted by molar-refractivity contribution is 9.10. The third-order valence-electron chi connectivity index (χ3n) is 2.60. The van der Waals surface area contributed by atoms with Gasteiger partial charge < -0.3 is 15.2 Å². The molecule has 0 heterocycles. The molecule has 100 valence electrons. The van der Waals surface area contributed by atoms with Crippen LogP contribution in [-0.2, 0) is 6.54 Å². The largest absolute Gasteiger partial charge is 0.490 e. The summed E-state index contributed by atoms with van der Waals surface area (Å²) in [6.45, 7) is 1.46. The summed E-state index contributed by atoms with van der Waals surface area (Å²) < 4.78 is 12.3. The predicted molar refractivity (Wildman–Crippen MR) is 79.5 cm³/mol. The number of ether oxygens (including phenoxy) is 2. The Morgan fingerprint density at radius 3 is 2.53 bits per heavy atom. The Hall–Kier alpha value is -1.52. The van der Waals surface area contributed by atoms with Crippen molar-refractivity contribution in [2.45, 2.75) is 6.54 Å². The van der Waals surface area contributed by atoms with Gasteiger partial charge in [-0.15, -0.1) is 0 Å². The topological polar surface area (TPSA) is 44.5 Å². The molecular weight excluding hydrogens is 306 g/mol. The van der Waals surface area contributed by atoms with Crippen molar-refractivity contribution in [2.75, 3.05) is 13.2 Å². The van der Waals surface area contributed by atoms with E-state index in [0.717, 1.165) is 21.5 Å². The van der Waals surface area contributed by atoms with Crippen LogP contribution in [0, 0.1) is 0 Å². The van der Waals surface area contributed by atoms with Gasteiger partial charge in [0.1, 0.15) is 24.7 Å². The highest BCUT2D eigenvalue weighted by atomic mass is 79.9. The zero-order chi connectivity index (χ0) is 13.5. The molecule has 0 aliphatic heterocycles. The van der Waals surface area contributed by atoms with Crippen LogP contribution in [0.5, 0.6) is 11.5 Å². The molecule has 0 saturated carbocycles. The van der Waals surface area contributed by atoms with Crippen molar-refractivity contribution >= 4 is 15.9 Å². The van der Waals surface area contributed by atoms with E-state index in [1.54, 1.807) is 0 Å². The molecule has 0 bridgehead atoms. The quantitative estimate of drug-likeness (QED) is 0.830. The Labute approximate surface area is 121 Å². The highest BCUT2D eigenvalue weighted by Gasteiger charge is 2.01. The van der Waals surface area contributed by atoms with E-state index < -0.39 is 0 Å². The molecule has 0 aliphatic rings. The minimum Gasteiger partial charge on any atom is -0.490 e. The molecule has 2 rings (SSSR count). The minimum absolute atomic E-state index is 0.475. The van der Waals surface area contributed by atoms with Crippen LogP contribution in [0.2, 0.25) is 0 Å². The van der Waals surface area contributed by atoms with Gasteiger partial charge >= 0.3 is 0 Å². The molecule has 19 heavy (non-hydrogen) atoms. The first-order chi connectivity index (χ1) is 9.29. The second-order valence-electron chi connectivity index (χ2n) is 3.97. The van der Waals surface area contributed by atoms with Crippen molar-refractivity contribution in [1.29, 1.82) is 0 Å². The second-order valence-corrected chi connectivity index (χ2v) is 4.88. The number of halogens is 1. The van der Waals surface area contributed by atoms with Gasteiger partial charge in [-0.2, -0.15) is 0 Å². The molecular formula is C15H16BrNO2. The summed E-state index contributed by atoms with van der Waals surface area (Å²) in [5.41, 5.74) is 6.65. The maximum atomic E-state index is 5.66. The lowest BCUT2D eigenvalue weighted by Gasteiger charge is -2.11. The molecule has 2 aromatic carbocycles. The average Bonchev–Trinajstić information content (AvgIpc) is 2.44. The van der Waals surface area contributed by atoms with E-state index >= 15 is 0 Å². The van der Waals surface area contributed by atoms with E-state index in [4.69, 9.17) is 15.2 Å². The fourth-order valence-electron chi connectivity index (χ4n) is 1.68. The highest BCUT2D eigenvalue weighted by Crippen LogP contribution is 2.19. The molecule has 2 aromatic rings. The summed E-state index contributed by atoms with van der Waals surface area (Å²) >= 11 is 3.40. The molecule has 0 unspecified atom stereocenters. The van der Waals surface area contributed by atoms with Gasteiger partial charge in [0.2, 0.25) is 0 Å². The third kappa shape index (κ3) is 4.26. The maximum absolute atomic E-state index is 5.66. The Morgan fingerprint density at radius 1 is 0.947 bits per heavy atom. The second kappa shape index (κ2) is 7.16. The molecule has 3 nitrogen and oxygen atoms in total. The SMILES string of the molecule is NCc1ccccc1OCCOc1cccc(Br)c1. The van der Waals surface area contributed by atoms with Crippen molar-refractivity contribution in [3.63, 3.8) is 0 Å². The van der Waals surface area contributed by atoms with E-state index in [1.807, 2.05) is 48.5 Å². The van der Waals surface area contributed by atoms with Crippen molar-refractivity contribution < 1.29 is 9.47 Å². The van der Waals surface area contributed by atoms with E-state index in [-0.39, 0.29) is 0 Å². The van der Waals surface area contributed by atoms with Gasteiger partial charge in [0.05, 0.1) is 0 Å². The first kappa shape index (κ1) is 13.9.